The Morgan fingerprint density at radius 1 is 1.19 bits per heavy atom. The molecular formula is C12H22O4. The maximum Gasteiger partial charge on any atom is 0.345 e. The Morgan fingerprint density at radius 3 is 2.12 bits per heavy atom. The Balaban J connectivity index is 3.93. The van der Waals surface area contributed by atoms with E-state index in [2.05, 4.69) is 13.8 Å². The molecule has 0 amide bonds. The number of carboxylic acids is 1. The molecule has 1 atom stereocenters. The highest BCUT2D eigenvalue weighted by Crippen LogP contribution is 2.17. The molecule has 1 unspecified atom stereocenters. The van der Waals surface area contributed by atoms with Gasteiger partial charge in [-0.15, -0.1) is 0 Å². The van der Waals surface area contributed by atoms with Crippen molar-refractivity contribution in [3.05, 3.63) is 0 Å². The van der Waals surface area contributed by atoms with Gasteiger partial charge in [0.15, 0.2) is 6.10 Å². The van der Waals surface area contributed by atoms with Crippen LogP contribution in [0, 0.1) is 5.92 Å². The first-order valence-electron chi connectivity index (χ1n) is 5.91. The number of rotatable bonds is 8. The second-order valence-electron chi connectivity index (χ2n) is 4.05. The third kappa shape index (κ3) is 6.43. The fourth-order valence-corrected chi connectivity index (χ4v) is 1.72. The highest BCUT2D eigenvalue weighted by molar-refractivity contribution is 5.76. The maximum atomic E-state index is 10.8. The van der Waals surface area contributed by atoms with Gasteiger partial charge in [0.1, 0.15) is 0 Å². The summed E-state index contributed by atoms with van der Waals surface area (Å²) in [5.41, 5.74) is 0. The first-order chi connectivity index (χ1) is 7.51. The topological polar surface area (TPSA) is 63.6 Å². The number of carbonyl (C=O) groups excluding carboxylic acids is 1. The lowest BCUT2D eigenvalue weighted by atomic mass is 9.96. The van der Waals surface area contributed by atoms with E-state index < -0.39 is 18.0 Å². The molecule has 0 spiro atoms. The zero-order valence-corrected chi connectivity index (χ0v) is 10.4. The van der Waals surface area contributed by atoms with E-state index in [1.807, 2.05) is 0 Å². The molecule has 0 aliphatic rings. The van der Waals surface area contributed by atoms with E-state index in [-0.39, 0.29) is 0 Å². The van der Waals surface area contributed by atoms with Crippen molar-refractivity contribution in [3.63, 3.8) is 0 Å². The number of carboxylic acid groups (broad SMARTS) is 1. The standard InChI is InChI=1S/C12H22O4/c1-4-10(5-2)7-6-8-11(12(14)15)16-9(3)13/h10-11H,4-8H2,1-3H3,(H,14,15). The van der Waals surface area contributed by atoms with Gasteiger partial charge in [0.25, 0.3) is 0 Å². The van der Waals surface area contributed by atoms with E-state index in [0.29, 0.717) is 12.3 Å². The minimum atomic E-state index is -1.06. The van der Waals surface area contributed by atoms with Gasteiger partial charge in [-0.1, -0.05) is 33.1 Å². The summed E-state index contributed by atoms with van der Waals surface area (Å²) in [4.78, 5) is 21.5. The van der Waals surface area contributed by atoms with Crippen LogP contribution >= 0.6 is 0 Å². The third-order valence-electron chi connectivity index (χ3n) is 2.82. The summed E-state index contributed by atoms with van der Waals surface area (Å²) < 4.78 is 4.72. The Bertz CT molecular complexity index is 221. The molecular weight excluding hydrogens is 208 g/mol. The van der Waals surface area contributed by atoms with E-state index >= 15 is 0 Å². The Hall–Kier alpha value is -1.06. The maximum absolute atomic E-state index is 10.8. The molecule has 0 radical (unpaired) electrons. The fraction of sp³-hybridized carbons (Fsp3) is 0.833. The first kappa shape index (κ1) is 14.9. The number of aliphatic carboxylic acids is 1. The second-order valence-corrected chi connectivity index (χ2v) is 4.05. The zero-order valence-electron chi connectivity index (χ0n) is 10.4. The first-order valence-corrected chi connectivity index (χ1v) is 5.91. The van der Waals surface area contributed by atoms with Crippen LogP contribution in [-0.4, -0.2) is 23.1 Å². The van der Waals surface area contributed by atoms with Crippen molar-refractivity contribution < 1.29 is 19.4 Å². The van der Waals surface area contributed by atoms with Crippen LogP contribution in [-0.2, 0) is 14.3 Å². The highest BCUT2D eigenvalue weighted by atomic mass is 16.6. The largest absolute Gasteiger partial charge is 0.479 e. The molecule has 0 saturated heterocycles. The highest BCUT2D eigenvalue weighted by Gasteiger charge is 2.20. The third-order valence-corrected chi connectivity index (χ3v) is 2.82. The van der Waals surface area contributed by atoms with Crippen molar-refractivity contribution in [3.8, 4) is 0 Å². The molecule has 4 heteroatoms. The van der Waals surface area contributed by atoms with Crippen LogP contribution in [0.1, 0.15) is 52.9 Å². The van der Waals surface area contributed by atoms with E-state index in [4.69, 9.17) is 9.84 Å². The van der Waals surface area contributed by atoms with Crippen LogP contribution in [0.15, 0.2) is 0 Å². The Labute approximate surface area is 97.0 Å². The molecule has 0 aliphatic carbocycles. The lowest BCUT2D eigenvalue weighted by Gasteiger charge is -2.15. The van der Waals surface area contributed by atoms with Gasteiger partial charge in [-0.2, -0.15) is 0 Å². The number of ether oxygens (including phenoxy) is 1. The zero-order chi connectivity index (χ0) is 12.6. The molecule has 0 rings (SSSR count). The summed E-state index contributed by atoms with van der Waals surface area (Å²) in [6.45, 7) is 5.50. The minimum absolute atomic E-state index is 0.408. The van der Waals surface area contributed by atoms with Gasteiger partial charge < -0.3 is 9.84 Å². The lowest BCUT2D eigenvalue weighted by Crippen LogP contribution is -2.26. The van der Waals surface area contributed by atoms with Crippen LogP contribution in [0.4, 0.5) is 0 Å². The van der Waals surface area contributed by atoms with Crippen LogP contribution in [0.5, 0.6) is 0 Å². The Kier molecular flexibility index (Phi) is 7.60. The normalized spacial score (nSPS) is 12.5. The number of hydrogen-bond acceptors (Lipinski definition) is 3. The quantitative estimate of drug-likeness (QED) is 0.651. The van der Waals surface area contributed by atoms with E-state index in [1.54, 1.807) is 0 Å². The summed E-state index contributed by atoms with van der Waals surface area (Å²) >= 11 is 0. The molecule has 1 N–H and O–H groups in total. The van der Waals surface area contributed by atoms with Gasteiger partial charge in [-0.3, -0.25) is 4.79 Å². The minimum Gasteiger partial charge on any atom is -0.479 e. The van der Waals surface area contributed by atoms with Gasteiger partial charge in [0.2, 0.25) is 0 Å². The molecule has 0 heterocycles. The predicted molar refractivity (Wildman–Crippen MR) is 61.1 cm³/mol. The smallest absolute Gasteiger partial charge is 0.345 e. The summed E-state index contributed by atoms with van der Waals surface area (Å²) in [5.74, 6) is -0.943. The SMILES string of the molecule is CCC(CC)CCCC(OC(C)=O)C(=O)O. The molecule has 0 aliphatic heterocycles. The lowest BCUT2D eigenvalue weighted by molar-refractivity contribution is -0.163. The number of carbonyl (C=O) groups is 2. The van der Waals surface area contributed by atoms with E-state index in [0.717, 1.165) is 25.7 Å². The summed E-state index contributed by atoms with van der Waals surface area (Å²) in [6.07, 6.45) is 3.44. The Morgan fingerprint density at radius 2 is 1.75 bits per heavy atom. The van der Waals surface area contributed by atoms with Crippen LogP contribution < -0.4 is 0 Å². The summed E-state index contributed by atoms with van der Waals surface area (Å²) in [6, 6.07) is 0. The molecule has 0 fully saturated rings. The summed E-state index contributed by atoms with van der Waals surface area (Å²) in [5, 5.41) is 8.82. The average Bonchev–Trinajstić information content (AvgIpc) is 2.22. The second kappa shape index (κ2) is 8.13. The molecule has 0 aromatic carbocycles. The van der Waals surface area contributed by atoms with E-state index in [9.17, 15) is 9.59 Å². The molecule has 0 aromatic rings. The molecule has 0 aromatic heterocycles. The summed E-state index contributed by atoms with van der Waals surface area (Å²) in [7, 11) is 0. The molecule has 4 nitrogen and oxygen atoms in total. The van der Waals surface area contributed by atoms with Gasteiger partial charge in [0.05, 0.1) is 0 Å². The molecule has 0 saturated carbocycles. The molecule has 94 valence electrons. The van der Waals surface area contributed by atoms with Crippen LogP contribution in [0.25, 0.3) is 0 Å². The van der Waals surface area contributed by atoms with Crippen LogP contribution in [0.2, 0.25) is 0 Å². The van der Waals surface area contributed by atoms with Crippen molar-refractivity contribution in [1.29, 1.82) is 0 Å². The van der Waals surface area contributed by atoms with Gasteiger partial charge in [-0.25, -0.2) is 4.79 Å². The van der Waals surface area contributed by atoms with E-state index in [1.165, 1.54) is 6.92 Å². The van der Waals surface area contributed by atoms with Crippen molar-refractivity contribution in [1.82, 2.24) is 0 Å². The predicted octanol–water partition coefficient (Wildman–Crippen LogP) is 2.61. The number of hydrogen-bond donors (Lipinski definition) is 1. The van der Waals surface area contributed by atoms with Crippen molar-refractivity contribution in [2.45, 2.75) is 59.0 Å². The molecule has 16 heavy (non-hydrogen) atoms. The van der Waals surface area contributed by atoms with Crippen molar-refractivity contribution in [2.24, 2.45) is 5.92 Å². The van der Waals surface area contributed by atoms with Crippen molar-refractivity contribution >= 4 is 11.9 Å². The van der Waals surface area contributed by atoms with Gasteiger partial charge in [0, 0.05) is 6.92 Å². The van der Waals surface area contributed by atoms with Crippen molar-refractivity contribution in [2.75, 3.05) is 0 Å². The average molecular weight is 230 g/mol. The van der Waals surface area contributed by atoms with Crippen LogP contribution in [0.3, 0.4) is 0 Å². The monoisotopic (exact) mass is 230 g/mol. The van der Waals surface area contributed by atoms with Gasteiger partial charge in [-0.05, 0) is 18.8 Å². The molecule has 0 bridgehead atoms. The fourth-order valence-electron chi connectivity index (χ4n) is 1.72. The number of esters is 1. The van der Waals surface area contributed by atoms with Gasteiger partial charge >= 0.3 is 11.9 Å².